The number of aliphatic hydroxyl groups excluding tert-OH is 2. The van der Waals surface area contributed by atoms with Crippen molar-refractivity contribution in [2.75, 3.05) is 0 Å². The van der Waals surface area contributed by atoms with Crippen molar-refractivity contribution < 1.29 is 43.3 Å². The summed E-state index contributed by atoms with van der Waals surface area (Å²) in [5, 5.41) is 22.5. The summed E-state index contributed by atoms with van der Waals surface area (Å²) in [5.41, 5.74) is 2.37. The molecule has 0 amide bonds. The van der Waals surface area contributed by atoms with Crippen molar-refractivity contribution in [3.05, 3.63) is 108 Å². The molecule has 0 saturated heterocycles. The first-order valence-corrected chi connectivity index (χ1v) is 13.4. The van der Waals surface area contributed by atoms with Gasteiger partial charge in [0.2, 0.25) is 0 Å². The van der Waals surface area contributed by atoms with Crippen LogP contribution in [0.3, 0.4) is 0 Å². The second-order valence-electron chi connectivity index (χ2n) is 8.83. The third-order valence-corrected chi connectivity index (χ3v) is 6.63. The Morgan fingerprint density at radius 1 is 0.541 bits per heavy atom. The van der Waals surface area contributed by atoms with Gasteiger partial charge in [0, 0.05) is 0 Å². The lowest BCUT2D eigenvalue weighted by Crippen LogP contribution is -2.66. The highest BCUT2D eigenvalue weighted by Gasteiger charge is 2.54. The van der Waals surface area contributed by atoms with Gasteiger partial charge in [-0.2, -0.15) is 0 Å². The van der Waals surface area contributed by atoms with E-state index < -0.39 is 44.4 Å². The average molecular weight is 531 g/mol. The predicted octanol–water partition coefficient (Wildman–Crippen LogP) is 2.96. The second kappa shape index (κ2) is 12.9. The van der Waals surface area contributed by atoms with E-state index >= 15 is 0 Å². The fourth-order valence-corrected chi connectivity index (χ4v) is 4.87. The van der Waals surface area contributed by atoms with Crippen molar-refractivity contribution in [3.8, 4) is 0 Å². The van der Waals surface area contributed by atoms with Gasteiger partial charge in [0.05, 0.1) is 19.8 Å². The van der Waals surface area contributed by atoms with Gasteiger partial charge in [0.1, 0.15) is 36.6 Å². The van der Waals surface area contributed by atoms with Crippen molar-refractivity contribution in [1.29, 1.82) is 0 Å². The minimum Gasteiger partial charge on any atom is -0.387 e. The van der Waals surface area contributed by atoms with Gasteiger partial charge in [-0.25, -0.2) is 4.57 Å². The minimum atomic E-state index is -5.06. The molecule has 3 aromatic rings. The SMILES string of the molecule is O=P(O)(O)OC1[C@@H](OCc2ccccc2)[C@H](O)C(OCc2ccccc2)[C@H](O)[C@@H]1OCc1ccccc1. The summed E-state index contributed by atoms with van der Waals surface area (Å²) < 4.78 is 34.8. The number of hydrogen-bond acceptors (Lipinski definition) is 7. The van der Waals surface area contributed by atoms with Crippen LogP contribution in [0.15, 0.2) is 91.0 Å². The van der Waals surface area contributed by atoms with Crippen LogP contribution < -0.4 is 0 Å². The number of aliphatic hydroxyl groups is 2. The van der Waals surface area contributed by atoms with Gasteiger partial charge < -0.3 is 34.2 Å². The smallest absolute Gasteiger partial charge is 0.387 e. The van der Waals surface area contributed by atoms with E-state index in [4.69, 9.17) is 18.7 Å². The highest BCUT2D eigenvalue weighted by atomic mass is 31.2. The molecule has 0 spiro atoms. The zero-order valence-corrected chi connectivity index (χ0v) is 20.9. The molecule has 3 aromatic carbocycles. The van der Waals surface area contributed by atoms with E-state index in [1.54, 1.807) is 0 Å². The standard InChI is InChI=1S/C27H31O9P/c28-22-24(33-16-19-10-4-1-5-11-19)23(29)26(35-18-21-14-8-3-9-15-21)27(36-37(30,31)32)25(22)34-17-20-12-6-2-7-13-20/h1-15,22-29H,16-18H2,(H2,30,31,32)/t22-,23+,24?,25-,26-,27?/m0/s1. The molecule has 37 heavy (non-hydrogen) atoms. The van der Waals surface area contributed by atoms with Crippen molar-refractivity contribution in [2.45, 2.75) is 56.4 Å². The van der Waals surface area contributed by atoms with Gasteiger partial charge in [-0.05, 0) is 16.7 Å². The number of benzene rings is 3. The zero-order chi connectivity index (χ0) is 26.3. The molecule has 0 radical (unpaired) electrons. The predicted molar refractivity (Wildman–Crippen MR) is 134 cm³/mol. The first-order valence-electron chi connectivity index (χ1n) is 11.9. The Bertz CT molecular complexity index is 1070. The quantitative estimate of drug-likeness (QED) is 0.276. The summed E-state index contributed by atoms with van der Waals surface area (Å²) in [6.07, 6.45) is -8.19. The summed E-state index contributed by atoms with van der Waals surface area (Å²) in [6.45, 7) is 0.132. The molecule has 1 aliphatic rings. The number of phosphoric acid groups is 1. The Hall–Kier alpha value is -2.43. The van der Waals surface area contributed by atoms with Crippen LogP contribution in [0.1, 0.15) is 16.7 Å². The van der Waals surface area contributed by atoms with Crippen LogP contribution in [0.2, 0.25) is 0 Å². The van der Waals surface area contributed by atoms with Gasteiger partial charge in [0.15, 0.2) is 0 Å². The maximum Gasteiger partial charge on any atom is 0.470 e. The Morgan fingerprint density at radius 2 is 0.865 bits per heavy atom. The molecule has 1 aliphatic carbocycles. The van der Waals surface area contributed by atoms with E-state index in [0.29, 0.717) is 0 Å². The van der Waals surface area contributed by atoms with E-state index in [2.05, 4.69) is 0 Å². The maximum atomic E-state index is 11.9. The van der Waals surface area contributed by atoms with Crippen LogP contribution in [-0.4, -0.2) is 56.6 Å². The second-order valence-corrected chi connectivity index (χ2v) is 10.0. The topological polar surface area (TPSA) is 135 Å². The van der Waals surface area contributed by atoms with Gasteiger partial charge in [-0.1, -0.05) is 91.0 Å². The molecule has 1 fully saturated rings. The molecule has 198 valence electrons. The lowest BCUT2D eigenvalue weighted by molar-refractivity contribution is -0.258. The molecule has 4 N–H and O–H groups in total. The molecule has 0 heterocycles. The average Bonchev–Trinajstić information content (AvgIpc) is 2.89. The Balaban J connectivity index is 1.61. The fraction of sp³-hybridized carbons (Fsp3) is 0.333. The molecule has 0 aliphatic heterocycles. The Morgan fingerprint density at radius 3 is 1.19 bits per heavy atom. The molecule has 0 bridgehead atoms. The number of hydrogen-bond donors (Lipinski definition) is 4. The zero-order valence-electron chi connectivity index (χ0n) is 20.0. The fourth-order valence-electron chi connectivity index (χ4n) is 4.31. The summed E-state index contributed by atoms with van der Waals surface area (Å²) in [6, 6.07) is 27.5. The third-order valence-electron chi connectivity index (χ3n) is 6.11. The maximum absolute atomic E-state index is 11.9. The largest absolute Gasteiger partial charge is 0.470 e. The van der Waals surface area contributed by atoms with Gasteiger partial charge in [-0.15, -0.1) is 0 Å². The van der Waals surface area contributed by atoms with Crippen LogP contribution in [0.5, 0.6) is 0 Å². The summed E-state index contributed by atoms with van der Waals surface area (Å²) >= 11 is 0. The first kappa shape index (κ1) is 27.6. The molecule has 1 saturated carbocycles. The monoisotopic (exact) mass is 530 g/mol. The number of phosphoric ester groups is 1. The number of ether oxygens (including phenoxy) is 3. The highest BCUT2D eigenvalue weighted by molar-refractivity contribution is 7.46. The Labute approximate surface area is 215 Å². The van der Waals surface area contributed by atoms with E-state index in [0.717, 1.165) is 16.7 Å². The van der Waals surface area contributed by atoms with E-state index in [1.807, 2.05) is 91.0 Å². The van der Waals surface area contributed by atoms with Gasteiger partial charge in [0.25, 0.3) is 0 Å². The molecule has 9 nitrogen and oxygen atoms in total. The van der Waals surface area contributed by atoms with Crippen LogP contribution >= 0.6 is 7.82 Å². The lowest BCUT2D eigenvalue weighted by Gasteiger charge is -2.46. The van der Waals surface area contributed by atoms with Gasteiger partial charge >= 0.3 is 7.82 Å². The minimum absolute atomic E-state index is 0.0243. The summed E-state index contributed by atoms with van der Waals surface area (Å²) in [4.78, 5) is 19.3. The number of rotatable bonds is 11. The van der Waals surface area contributed by atoms with E-state index in [9.17, 15) is 24.6 Å². The lowest BCUT2D eigenvalue weighted by atomic mass is 9.84. The van der Waals surface area contributed by atoms with Crippen molar-refractivity contribution >= 4 is 7.82 Å². The third kappa shape index (κ3) is 7.78. The van der Waals surface area contributed by atoms with Gasteiger partial charge in [-0.3, -0.25) is 4.52 Å². The molecule has 2 unspecified atom stereocenters. The van der Waals surface area contributed by atoms with Crippen molar-refractivity contribution in [2.24, 2.45) is 0 Å². The van der Waals surface area contributed by atoms with E-state index in [-0.39, 0.29) is 19.8 Å². The summed E-state index contributed by atoms with van der Waals surface area (Å²) in [7, 11) is -5.06. The van der Waals surface area contributed by atoms with Crippen LogP contribution in [0.4, 0.5) is 0 Å². The first-order chi connectivity index (χ1) is 17.8. The Kier molecular flexibility index (Phi) is 9.61. The molecule has 6 atom stereocenters. The highest BCUT2D eigenvalue weighted by Crippen LogP contribution is 2.43. The molecular formula is C27H31O9P. The van der Waals surface area contributed by atoms with Crippen LogP contribution in [0.25, 0.3) is 0 Å². The molecule has 10 heteroatoms. The normalized spacial score (nSPS) is 26.2. The van der Waals surface area contributed by atoms with Crippen LogP contribution in [-0.2, 0) is 43.1 Å². The van der Waals surface area contributed by atoms with Crippen molar-refractivity contribution in [3.63, 3.8) is 0 Å². The van der Waals surface area contributed by atoms with E-state index in [1.165, 1.54) is 0 Å². The van der Waals surface area contributed by atoms with Crippen LogP contribution in [0, 0.1) is 0 Å². The van der Waals surface area contributed by atoms with Crippen molar-refractivity contribution in [1.82, 2.24) is 0 Å². The summed E-state index contributed by atoms with van der Waals surface area (Å²) in [5.74, 6) is 0. The molecular weight excluding hydrogens is 499 g/mol. The molecule has 4 rings (SSSR count). The molecule has 0 aromatic heterocycles.